The molecule has 0 atom stereocenters. The maximum Gasteiger partial charge on any atom is 0.142 e. The van der Waals surface area contributed by atoms with Crippen molar-refractivity contribution < 1.29 is 0 Å². The Bertz CT molecular complexity index is 876. The average molecular weight is 400 g/mol. The lowest BCUT2D eigenvalue weighted by molar-refractivity contribution is 0.521. The van der Waals surface area contributed by atoms with Crippen molar-refractivity contribution in [1.82, 2.24) is 10.9 Å². The second kappa shape index (κ2) is 7.92. The van der Waals surface area contributed by atoms with E-state index < -0.39 is 0 Å². The third-order valence-electron chi connectivity index (χ3n) is 5.01. The molecular formula is C20H22ClN5S. The van der Waals surface area contributed by atoms with Crippen molar-refractivity contribution in [2.75, 3.05) is 16.8 Å². The van der Waals surface area contributed by atoms with Gasteiger partial charge in [-0.2, -0.15) is 11.8 Å². The van der Waals surface area contributed by atoms with Crippen LogP contribution in [0.15, 0.2) is 47.5 Å². The second-order valence-electron chi connectivity index (χ2n) is 6.77. The minimum Gasteiger partial charge on any atom is -0.370 e. The molecule has 0 aliphatic carbocycles. The normalized spacial score (nSPS) is 17.6. The lowest BCUT2D eigenvalue weighted by Crippen LogP contribution is -2.58. The van der Waals surface area contributed by atoms with E-state index in [0.29, 0.717) is 6.54 Å². The number of hydrogen-bond donors (Lipinski definition) is 4. The number of rotatable bonds is 4. The molecule has 0 amide bonds. The highest BCUT2D eigenvalue weighted by atomic mass is 35.5. The van der Waals surface area contributed by atoms with E-state index in [-0.39, 0.29) is 5.54 Å². The number of anilines is 1. The largest absolute Gasteiger partial charge is 0.370 e. The zero-order valence-electron chi connectivity index (χ0n) is 14.9. The Morgan fingerprint density at radius 2 is 2.04 bits per heavy atom. The summed E-state index contributed by atoms with van der Waals surface area (Å²) in [5.74, 6) is 3.09. The minimum atomic E-state index is -0.224. The third-order valence-corrected chi connectivity index (χ3v) is 6.24. The first-order valence-corrected chi connectivity index (χ1v) is 10.6. The van der Waals surface area contributed by atoms with Crippen LogP contribution in [0.4, 0.5) is 11.4 Å². The molecule has 2 aliphatic heterocycles. The summed E-state index contributed by atoms with van der Waals surface area (Å²) < 4.78 is 0. The van der Waals surface area contributed by atoms with Crippen molar-refractivity contribution in [3.63, 3.8) is 0 Å². The van der Waals surface area contributed by atoms with Gasteiger partial charge in [-0.05, 0) is 48.1 Å². The van der Waals surface area contributed by atoms with E-state index in [4.69, 9.17) is 22.0 Å². The number of nitrogens with one attached hydrogen (secondary N) is 4. The first kappa shape index (κ1) is 18.3. The predicted octanol–water partition coefficient (Wildman–Crippen LogP) is 4.35. The molecule has 7 heteroatoms. The number of fused-ring (bicyclic) bond motifs is 1. The molecule has 0 saturated carbocycles. The first-order valence-electron chi connectivity index (χ1n) is 9.02. The summed E-state index contributed by atoms with van der Waals surface area (Å²) in [7, 11) is 0. The summed E-state index contributed by atoms with van der Waals surface area (Å²) in [6, 6.07) is 13.7. The summed E-state index contributed by atoms with van der Waals surface area (Å²) in [5.41, 5.74) is 10.2. The van der Waals surface area contributed by atoms with Crippen molar-refractivity contribution in [2.24, 2.45) is 4.99 Å². The fourth-order valence-electron chi connectivity index (χ4n) is 3.54. The monoisotopic (exact) mass is 399 g/mol. The number of hydrazine groups is 1. The van der Waals surface area contributed by atoms with Crippen molar-refractivity contribution in [3.8, 4) is 0 Å². The standard InChI is InChI=1S/C20H22ClN5S/c21-16-5-1-3-14(11-16)13-23-26-19-20(7-9-27-10-8-20)25-18-15(12-22)4-2-6-17(18)24-19/h1-6,11-12,22-23,25H,7-10,13H2,(H,24,26). The van der Waals surface area contributed by atoms with E-state index in [1.54, 1.807) is 0 Å². The number of halogens is 1. The number of thioether (sulfide) groups is 1. The van der Waals surface area contributed by atoms with Gasteiger partial charge in [-0.3, -0.25) is 0 Å². The summed E-state index contributed by atoms with van der Waals surface area (Å²) in [6.45, 7) is 0.651. The van der Waals surface area contributed by atoms with Gasteiger partial charge in [0.2, 0.25) is 0 Å². The molecule has 0 bridgehead atoms. The molecule has 4 rings (SSSR count). The molecule has 140 valence electrons. The van der Waals surface area contributed by atoms with Gasteiger partial charge in [0.25, 0.3) is 0 Å². The maximum atomic E-state index is 7.70. The molecule has 27 heavy (non-hydrogen) atoms. The van der Waals surface area contributed by atoms with E-state index in [2.05, 4.69) is 16.2 Å². The molecule has 5 nitrogen and oxygen atoms in total. The summed E-state index contributed by atoms with van der Waals surface area (Å²) >= 11 is 8.05. The average Bonchev–Trinajstić information content (AvgIpc) is 2.69. The van der Waals surface area contributed by atoms with Crippen LogP contribution in [0.5, 0.6) is 0 Å². The zero-order chi connectivity index (χ0) is 18.7. The van der Waals surface area contributed by atoms with E-state index in [1.807, 2.05) is 54.2 Å². The minimum absolute atomic E-state index is 0.224. The summed E-state index contributed by atoms with van der Waals surface area (Å²) in [6.07, 6.45) is 3.38. The van der Waals surface area contributed by atoms with Crippen molar-refractivity contribution >= 4 is 46.8 Å². The van der Waals surface area contributed by atoms with Crippen LogP contribution in [-0.2, 0) is 6.54 Å². The van der Waals surface area contributed by atoms with Crippen LogP contribution < -0.4 is 16.2 Å². The highest BCUT2D eigenvalue weighted by Crippen LogP contribution is 2.40. The molecular weight excluding hydrogens is 378 g/mol. The molecule has 2 aromatic rings. The Morgan fingerprint density at radius 1 is 1.22 bits per heavy atom. The van der Waals surface area contributed by atoms with E-state index in [1.165, 1.54) is 6.21 Å². The van der Waals surface area contributed by atoms with Crippen LogP contribution >= 0.6 is 23.4 Å². The van der Waals surface area contributed by atoms with Gasteiger partial charge < -0.3 is 16.2 Å². The molecule has 1 fully saturated rings. The van der Waals surface area contributed by atoms with Gasteiger partial charge in [0, 0.05) is 23.3 Å². The lowest BCUT2D eigenvalue weighted by atomic mass is 9.88. The fourth-order valence-corrected chi connectivity index (χ4v) is 4.94. The van der Waals surface area contributed by atoms with Gasteiger partial charge >= 0.3 is 0 Å². The Morgan fingerprint density at radius 3 is 2.81 bits per heavy atom. The highest BCUT2D eigenvalue weighted by molar-refractivity contribution is 7.99. The Kier molecular flexibility index (Phi) is 5.38. The number of nitrogens with zero attached hydrogens (tertiary/aromatic N) is 1. The Labute approximate surface area is 168 Å². The van der Waals surface area contributed by atoms with Crippen LogP contribution in [0.2, 0.25) is 5.02 Å². The van der Waals surface area contributed by atoms with Gasteiger partial charge in [-0.25, -0.2) is 10.4 Å². The predicted molar refractivity (Wildman–Crippen MR) is 116 cm³/mol. The SMILES string of the molecule is N=Cc1cccc2c1NC1(CCSCC1)C(NNCc1cccc(Cl)c1)=N2. The van der Waals surface area contributed by atoms with Crippen molar-refractivity contribution in [2.45, 2.75) is 24.9 Å². The molecule has 0 unspecified atom stereocenters. The number of para-hydroxylation sites is 1. The molecule has 2 aliphatic rings. The Hall–Kier alpha value is -2.02. The molecule has 1 saturated heterocycles. The molecule has 1 spiro atoms. The van der Waals surface area contributed by atoms with Crippen LogP contribution in [0.1, 0.15) is 24.0 Å². The van der Waals surface area contributed by atoms with Crippen LogP contribution in [0.3, 0.4) is 0 Å². The molecule has 2 heterocycles. The Balaban J connectivity index is 1.58. The smallest absolute Gasteiger partial charge is 0.142 e. The van der Waals surface area contributed by atoms with Crippen molar-refractivity contribution in [1.29, 1.82) is 5.41 Å². The number of benzene rings is 2. The number of aliphatic imine (C=N–C) groups is 1. The molecule has 4 N–H and O–H groups in total. The van der Waals surface area contributed by atoms with E-state index in [0.717, 1.165) is 57.7 Å². The molecule has 0 radical (unpaired) electrons. The fraction of sp³-hybridized carbons (Fsp3) is 0.300. The summed E-state index contributed by atoms with van der Waals surface area (Å²) in [5, 5.41) is 12.2. The van der Waals surface area contributed by atoms with Gasteiger partial charge in [-0.15, -0.1) is 0 Å². The van der Waals surface area contributed by atoms with E-state index in [9.17, 15) is 0 Å². The highest BCUT2D eigenvalue weighted by Gasteiger charge is 2.41. The van der Waals surface area contributed by atoms with Crippen LogP contribution in [0.25, 0.3) is 0 Å². The van der Waals surface area contributed by atoms with Crippen LogP contribution in [0, 0.1) is 5.41 Å². The van der Waals surface area contributed by atoms with Crippen LogP contribution in [-0.4, -0.2) is 29.1 Å². The topological polar surface area (TPSA) is 72.3 Å². The third kappa shape index (κ3) is 3.83. The van der Waals surface area contributed by atoms with Gasteiger partial charge in [-0.1, -0.05) is 35.9 Å². The number of hydrogen-bond acceptors (Lipinski definition) is 6. The second-order valence-corrected chi connectivity index (χ2v) is 8.44. The van der Waals surface area contributed by atoms with Gasteiger partial charge in [0.1, 0.15) is 5.84 Å². The zero-order valence-corrected chi connectivity index (χ0v) is 16.5. The molecule has 2 aromatic carbocycles. The van der Waals surface area contributed by atoms with Gasteiger partial charge in [0.05, 0.1) is 16.9 Å². The summed E-state index contributed by atoms with van der Waals surface area (Å²) in [4.78, 5) is 4.92. The lowest BCUT2D eigenvalue weighted by Gasteiger charge is -2.42. The first-order chi connectivity index (χ1) is 13.2. The number of amidine groups is 1. The quantitative estimate of drug-likeness (QED) is 0.455. The molecule has 0 aromatic heterocycles. The van der Waals surface area contributed by atoms with Gasteiger partial charge in [0.15, 0.2) is 0 Å². The van der Waals surface area contributed by atoms with E-state index >= 15 is 0 Å². The van der Waals surface area contributed by atoms with Crippen molar-refractivity contribution in [3.05, 3.63) is 58.6 Å². The maximum absolute atomic E-state index is 7.70.